The second-order valence-electron chi connectivity index (χ2n) is 5.56. The molecule has 0 bridgehead atoms. The van der Waals surface area contributed by atoms with Crippen LogP contribution in [0, 0.1) is 17.7 Å². The highest BCUT2D eigenvalue weighted by molar-refractivity contribution is 5.70. The Morgan fingerprint density at radius 3 is 2.58 bits per heavy atom. The Hall–Kier alpha value is -1.42. The van der Waals surface area contributed by atoms with E-state index in [-0.39, 0.29) is 17.8 Å². The van der Waals surface area contributed by atoms with Crippen molar-refractivity contribution in [2.75, 3.05) is 13.1 Å². The molecular weight excluding hydrogens is 245 g/mol. The molecule has 0 radical (unpaired) electrons. The number of nitrogens with zero attached hydrogens (tertiary/aromatic N) is 1. The van der Waals surface area contributed by atoms with Crippen molar-refractivity contribution in [3.05, 3.63) is 35.6 Å². The lowest BCUT2D eigenvalue weighted by Gasteiger charge is -2.38. The Morgan fingerprint density at radius 1 is 1.37 bits per heavy atom. The fraction of sp³-hybridized carbons (Fsp3) is 0.533. The molecule has 1 heterocycles. The highest BCUT2D eigenvalue weighted by Gasteiger charge is 2.31. The summed E-state index contributed by atoms with van der Waals surface area (Å²) in [6, 6.07) is 6.57. The molecule has 1 N–H and O–H groups in total. The quantitative estimate of drug-likeness (QED) is 0.913. The maximum absolute atomic E-state index is 12.9. The van der Waals surface area contributed by atoms with Gasteiger partial charge in [-0.15, -0.1) is 0 Å². The largest absolute Gasteiger partial charge is 0.481 e. The smallest absolute Gasteiger partial charge is 0.307 e. The average Bonchev–Trinajstić information content (AvgIpc) is 2.38. The van der Waals surface area contributed by atoms with E-state index in [9.17, 15) is 14.3 Å². The van der Waals surface area contributed by atoms with Gasteiger partial charge in [-0.05, 0) is 37.0 Å². The van der Waals surface area contributed by atoms with Gasteiger partial charge in [-0.25, -0.2) is 4.39 Å². The van der Waals surface area contributed by atoms with E-state index in [1.54, 1.807) is 12.1 Å². The third kappa shape index (κ3) is 3.32. The van der Waals surface area contributed by atoms with Crippen LogP contribution in [-0.4, -0.2) is 29.1 Å². The number of rotatable bonds is 3. The number of hydrogen-bond donors (Lipinski definition) is 1. The minimum atomic E-state index is -0.720. The Balaban J connectivity index is 2.11. The number of carbonyl (C=O) groups is 1. The SMILES string of the molecule is CC1CC(C(=O)O)CN(C(C)c2ccc(F)cc2)C1. The molecular formula is C15H20FNO2. The van der Waals surface area contributed by atoms with Gasteiger partial charge in [0.1, 0.15) is 5.82 Å². The van der Waals surface area contributed by atoms with Gasteiger partial charge in [0, 0.05) is 19.1 Å². The molecule has 0 aliphatic carbocycles. The predicted octanol–water partition coefficient (Wildman–Crippen LogP) is 2.93. The number of halogens is 1. The molecule has 104 valence electrons. The van der Waals surface area contributed by atoms with E-state index in [1.165, 1.54) is 12.1 Å². The summed E-state index contributed by atoms with van der Waals surface area (Å²) in [5.74, 6) is -0.890. The van der Waals surface area contributed by atoms with Crippen LogP contribution < -0.4 is 0 Å². The molecule has 19 heavy (non-hydrogen) atoms. The molecule has 0 amide bonds. The van der Waals surface area contributed by atoms with Gasteiger partial charge in [0.2, 0.25) is 0 Å². The van der Waals surface area contributed by atoms with Crippen molar-refractivity contribution in [1.29, 1.82) is 0 Å². The molecule has 1 aromatic carbocycles. The van der Waals surface area contributed by atoms with E-state index in [4.69, 9.17) is 0 Å². The van der Waals surface area contributed by atoms with Gasteiger partial charge in [-0.3, -0.25) is 9.69 Å². The topological polar surface area (TPSA) is 40.5 Å². The molecule has 0 saturated carbocycles. The number of carboxylic acids is 1. The highest BCUT2D eigenvalue weighted by Crippen LogP contribution is 2.29. The summed E-state index contributed by atoms with van der Waals surface area (Å²) in [7, 11) is 0. The summed E-state index contributed by atoms with van der Waals surface area (Å²) in [6.45, 7) is 5.59. The fourth-order valence-corrected chi connectivity index (χ4v) is 2.84. The summed E-state index contributed by atoms with van der Waals surface area (Å²) in [6.07, 6.45) is 0.738. The first-order valence-corrected chi connectivity index (χ1v) is 6.69. The molecule has 1 aliphatic heterocycles. The standard InChI is InChI=1S/C15H20FNO2/c1-10-7-13(15(18)19)9-17(8-10)11(2)12-3-5-14(16)6-4-12/h3-6,10-11,13H,7-9H2,1-2H3,(H,18,19). The van der Waals surface area contributed by atoms with Gasteiger partial charge < -0.3 is 5.11 Å². The van der Waals surface area contributed by atoms with E-state index in [0.717, 1.165) is 18.5 Å². The number of aliphatic carboxylic acids is 1. The van der Waals surface area contributed by atoms with E-state index >= 15 is 0 Å². The van der Waals surface area contributed by atoms with Gasteiger partial charge in [0.05, 0.1) is 5.92 Å². The second-order valence-corrected chi connectivity index (χ2v) is 5.56. The number of likely N-dealkylation sites (tertiary alicyclic amines) is 1. The van der Waals surface area contributed by atoms with Crippen molar-refractivity contribution in [2.45, 2.75) is 26.3 Å². The minimum Gasteiger partial charge on any atom is -0.481 e. The lowest BCUT2D eigenvalue weighted by Crippen LogP contribution is -2.43. The monoisotopic (exact) mass is 265 g/mol. The van der Waals surface area contributed by atoms with Crippen LogP contribution in [0.25, 0.3) is 0 Å². The molecule has 4 heteroatoms. The zero-order chi connectivity index (χ0) is 14.0. The van der Waals surface area contributed by atoms with Crippen molar-refractivity contribution >= 4 is 5.97 Å². The van der Waals surface area contributed by atoms with Crippen molar-refractivity contribution in [1.82, 2.24) is 4.90 Å². The Kier molecular flexibility index (Phi) is 4.20. The molecule has 1 aliphatic rings. The molecule has 3 nitrogen and oxygen atoms in total. The number of benzene rings is 1. The Labute approximate surface area is 113 Å². The molecule has 1 aromatic rings. The molecule has 1 fully saturated rings. The van der Waals surface area contributed by atoms with Crippen LogP contribution >= 0.6 is 0 Å². The van der Waals surface area contributed by atoms with Crippen LogP contribution in [-0.2, 0) is 4.79 Å². The summed E-state index contributed by atoms with van der Waals surface area (Å²) >= 11 is 0. The van der Waals surface area contributed by atoms with Gasteiger partial charge in [-0.1, -0.05) is 19.1 Å². The van der Waals surface area contributed by atoms with Crippen LogP contribution in [0.15, 0.2) is 24.3 Å². The summed E-state index contributed by atoms with van der Waals surface area (Å²) in [5.41, 5.74) is 1.03. The summed E-state index contributed by atoms with van der Waals surface area (Å²) in [4.78, 5) is 13.4. The highest BCUT2D eigenvalue weighted by atomic mass is 19.1. The predicted molar refractivity (Wildman–Crippen MR) is 71.3 cm³/mol. The van der Waals surface area contributed by atoms with Crippen molar-refractivity contribution in [2.24, 2.45) is 11.8 Å². The lowest BCUT2D eigenvalue weighted by molar-refractivity contribution is -0.144. The first-order valence-electron chi connectivity index (χ1n) is 6.69. The van der Waals surface area contributed by atoms with Crippen LogP contribution in [0.3, 0.4) is 0 Å². The normalized spacial score (nSPS) is 26.1. The number of carboxylic acid groups (broad SMARTS) is 1. The van der Waals surface area contributed by atoms with Crippen LogP contribution in [0.1, 0.15) is 31.9 Å². The van der Waals surface area contributed by atoms with Gasteiger partial charge in [0.25, 0.3) is 0 Å². The zero-order valence-corrected chi connectivity index (χ0v) is 11.3. The third-order valence-corrected chi connectivity index (χ3v) is 3.94. The molecule has 2 rings (SSSR count). The second kappa shape index (κ2) is 5.70. The van der Waals surface area contributed by atoms with Gasteiger partial charge in [-0.2, -0.15) is 0 Å². The molecule has 0 spiro atoms. The number of hydrogen-bond acceptors (Lipinski definition) is 2. The third-order valence-electron chi connectivity index (χ3n) is 3.94. The van der Waals surface area contributed by atoms with Crippen molar-refractivity contribution in [3.8, 4) is 0 Å². The van der Waals surface area contributed by atoms with Crippen LogP contribution in [0.2, 0.25) is 0 Å². The zero-order valence-electron chi connectivity index (χ0n) is 11.3. The van der Waals surface area contributed by atoms with E-state index in [1.807, 2.05) is 6.92 Å². The minimum absolute atomic E-state index is 0.116. The summed E-state index contributed by atoms with van der Waals surface area (Å²) < 4.78 is 12.9. The van der Waals surface area contributed by atoms with Crippen LogP contribution in [0.4, 0.5) is 4.39 Å². The van der Waals surface area contributed by atoms with E-state index in [0.29, 0.717) is 12.5 Å². The van der Waals surface area contributed by atoms with Crippen molar-refractivity contribution < 1.29 is 14.3 Å². The molecule has 3 atom stereocenters. The van der Waals surface area contributed by atoms with Crippen molar-refractivity contribution in [3.63, 3.8) is 0 Å². The molecule has 0 aromatic heterocycles. The first kappa shape index (κ1) is 14.0. The summed E-state index contributed by atoms with van der Waals surface area (Å²) in [5, 5.41) is 9.19. The lowest BCUT2D eigenvalue weighted by atomic mass is 9.89. The molecule has 1 saturated heterocycles. The maximum atomic E-state index is 12.9. The average molecular weight is 265 g/mol. The molecule has 3 unspecified atom stereocenters. The Bertz CT molecular complexity index is 446. The first-order chi connectivity index (χ1) is 8.97. The van der Waals surface area contributed by atoms with Gasteiger partial charge >= 0.3 is 5.97 Å². The maximum Gasteiger partial charge on any atom is 0.307 e. The van der Waals surface area contributed by atoms with Gasteiger partial charge in [0.15, 0.2) is 0 Å². The fourth-order valence-electron chi connectivity index (χ4n) is 2.84. The number of piperidine rings is 1. The Morgan fingerprint density at radius 2 is 2.00 bits per heavy atom. The van der Waals surface area contributed by atoms with E-state index in [2.05, 4.69) is 11.8 Å². The van der Waals surface area contributed by atoms with Crippen LogP contribution in [0.5, 0.6) is 0 Å². The van der Waals surface area contributed by atoms with E-state index < -0.39 is 5.97 Å².